The SMILES string of the molecule is CCCNC1CCC(c2cccc(C(F)(F)F)c2)C1. The van der Waals surface area contributed by atoms with Crippen molar-refractivity contribution in [2.75, 3.05) is 6.54 Å². The fraction of sp³-hybridized carbons (Fsp3) is 0.600. The summed E-state index contributed by atoms with van der Waals surface area (Å²) >= 11 is 0. The lowest BCUT2D eigenvalue weighted by molar-refractivity contribution is -0.137. The van der Waals surface area contributed by atoms with E-state index in [-0.39, 0.29) is 5.92 Å². The first-order valence-corrected chi connectivity index (χ1v) is 6.91. The molecule has 1 saturated carbocycles. The molecule has 0 amide bonds. The molecule has 2 unspecified atom stereocenters. The third kappa shape index (κ3) is 3.72. The van der Waals surface area contributed by atoms with Gasteiger partial charge in [-0.3, -0.25) is 0 Å². The largest absolute Gasteiger partial charge is 0.416 e. The first kappa shape index (κ1) is 14.4. The fourth-order valence-corrected chi connectivity index (χ4v) is 2.79. The van der Waals surface area contributed by atoms with Crippen LogP contribution >= 0.6 is 0 Å². The summed E-state index contributed by atoms with van der Waals surface area (Å²) in [5.41, 5.74) is 0.297. The molecule has 1 nitrogen and oxygen atoms in total. The highest BCUT2D eigenvalue weighted by Crippen LogP contribution is 2.37. The van der Waals surface area contributed by atoms with Gasteiger partial charge < -0.3 is 5.32 Å². The summed E-state index contributed by atoms with van der Waals surface area (Å²) in [7, 11) is 0. The van der Waals surface area contributed by atoms with Crippen molar-refractivity contribution >= 4 is 0 Å². The second-order valence-corrected chi connectivity index (χ2v) is 5.28. The molecule has 0 aliphatic heterocycles. The van der Waals surface area contributed by atoms with Gasteiger partial charge in [0.05, 0.1) is 5.56 Å². The van der Waals surface area contributed by atoms with Gasteiger partial charge in [0.1, 0.15) is 0 Å². The number of hydrogen-bond acceptors (Lipinski definition) is 1. The number of halogens is 3. The normalized spacial score (nSPS) is 23.8. The Bertz CT molecular complexity index is 414. The molecule has 0 radical (unpaired) electrons. The lowest BCUT2D eigenvalue weighted by atomic mass is 9.95. The molecule has 1 aromatic rings. The highest BCUT2D eigenvalue weighted by atomic mass is 19.4. The van der Waals surface area contributed by atoms with E-state index in [2.05, 4.69) is 12.2 Å². The van der Waals surface area contributed by atoms with Crippen LogP contribution in [0, 0.1) is 0 Å². The van der Waals surface area contributed by atoms with Crippen LogP contribution in [0.4, 0.5) is 13.2 Å². The molecular formula is C15H20F3N. The summed E-state index contributed by atoms with van der Waals surface area (Å²) in [6, 6.07) is 6.25. The van der Waals surface area contributed by atoms with Crippen LogP contribution in [0.2, 0.25) is 0 Å². The number of alkyl halides is 3. The first-order valence-electron chi connectivity index (χ1n) is 6.91. The van der Waals surface area contributed by atoms with E-state index in [9.17, 15) is 13.2 Å². The molecule has 19 heavy (non-hydrogen) atoms. The van der Waals surface area contributed by atoms with E-state index in [4.69, 9.17) is 0 Å². The van der Waals surface area contributed by atoms with Gasteiger partial charge in [-0.15, -0.1) is 0 Å². The Labute approximate surface area is 112 Å². The molecule has 0 spiro atoms. The molecule has 2 rings (SSSR count). The van der Waals surface area contributed by atoms with Crippen LogP contribution < -0.4 is 5.32 Å². The highest BCUT2D eigenvalue weighted by Gasteiger charge is 2.32. The standard InChI is InChI=1S/C15H20F3N/c1-2-8-19-14-7-6-12(10-14)11-4-3-5-13(9-11)15(16,17)18/h3-5,9,12,14,19H,2,6-8,10H2,1H3. The summed E-state index contributed by atoms with van der Waals surface area (Å²) in [6.07, 6.45) is -0.176. The van der Waals surface area contributed by atoms with Crippen molar-refractivity contribution in [1.29, 1.82) is 0 Å². The van der Waals surface area contributed by atoms with E-state index in [0.29, 0.717) is 6.04 Å². The topological polar surface area (TPSA) is 12.0 Å². The van der Waals surface area contributed by atoms with Crippen molar-refractivity contribution in [2.45, 2.75) is 50.7 Å². The molecule has 1 fully saturated rings. The second kappa shape index (κ2) is 5.95. The third-order valence-electron chi connectivity index (χ3n) is 3.80. The molecule has 4 heteroatoms. The van der Waals surface area contributed by atoms with E-state index in [1.165, 1.54) is 12.1 Å². The summed E-state index contributed by atoms with van der Waals surface area (Å²) in [5, 5.41) is 3.45. The molecule has 1 aromatic carbocycles. The predicted octanol–water partition coefficient (Wildman–Crippen LogP) is 4.34. The molecule has 1 aliphatic rings. The predicted molar refractivity (Wildman–Crippen MR) is 70.1 cm³/mol. The van der Waals surface area contributed by atoms with Gasteiger partial charge in [-0.2, -0.15) is 13.2 Å². The molecule has 2 atom stereocenters. The third-order valence-corrected chi connectivity index (χ3v) is 3.80. The zero-order valence-electron chi connectivity index (χ0n) is 11.1. The van der Waals surface area contributed by atoms with Gasteiger partial charge in [0.15, 0.2) is 0 Å². The van der Waals surface area contributed by atoms with Crippen LogP contribution in [0.25, 0.3) is 0 Å². The maximum atomic E-state index is 12.7. The summed E-state index contributed by atoms with van der Waals surface area (Å²) < 4.78 is 38.1. The van der Waals surface area contributed by atoms with Crippen molar-refractivity contribution in [3.05, 3.63) is 35.4 Å². The van der Waals surface area contributed by atoms with E-state index in [1.807, 2.05) is 6.07 Å². The van der Waals surface area contributed by atoms with Gasteiger partial charge in [0.2, 0.25) is 0 Å². The minimum atomic E-state index is -4.24. The molecule has 0 heterocycles. The molecular weight excluding hydrogens is 251 g/mol. The zero-order chi connectivity index (χ0) is 13.9. The Hall–Kier alpha value is -1.03. The van der Waals surface area contributed by atoms with Gasteiger partial charge in [-0.05, 0) is 49.8 Å². The summed E-state index contributed by atoms with van der Waals surface area (Å²) in [5.74, 6) is 0.261. The van der Waals surface area contributed by atoms with Crippen LogP contribution in [-0.2, 0) is 6.18 Å². The van der Waals surface area contributed by atoms with Gasteiger partial charge in [0, 0.05) is 6.04 Å². The lowest BCUT2D eigenvalue weighted by Crippen LogP contribution is -2.26. The Morgan fingerprint density at radius 3 is 2.74 bits per heavy atom. The van der Waals surface area contributed by atoms with E-state index >= 15 is 0 Å². The number of rotatable bonds is 4. The van der Waals surface area contributed by atoms with Crippen molar-refractivity contribution in [3.8, 4) is 0 Å². The Morgan fingerprint density at radius 1 is 1.26 bits per heavy atom. The Balaban J connectivity index is 2.03. The van der Waals surface area contributed by atoms with Crippen LogP contribution in [0.1, 0.15) is 49.7 Å². The molecule has 0 aromatic heterocycles. The molecule has 0 saturated heterocycles. The summed E-state index contributed by atoms with van der Waals surface area (Å²) in [4.78, 5) is 0. The molecule has 0 bridgehead atoms. The summed E-state index contributed by atoms with van der Waals surface area (Å²) in [6.45, 7) is 3.10. The maximum Gasteiger partial charge on any atom is 0.416 e. The Morgan fingerprint density at radius 2 is 2.05 bits per heavy atom. The van der Waals surface area contributed by atoms with Gasteiger partial charge in [-0.25, -0.2) is 0 Å². The van der Waals surface area contributed by atoms with Crippen molar-refractivity contribution in [3.63, 3.8) is 0 Å². The van der Waals surface area contributed by atoms with Crippen LogP contribution in [0.3, 0.4) is 0 Å². The van der Waals surface area contributed by atoms with Crippen molar-refractivity contribution in [1.82, 2.24) is 5.32 Å². The van der Waals surface area contributed by atoms with Crippen molar-refractivity contribution < 1.29 is 13.2 Å². The van der Waals surface area contributed by atoms with Gasteiger partial charge in [-0.1, -0.05) is 25.1 Å². The molecule has 1 N–H and O–H groups in total. The van der Waals surface area contributed by atoms with E-state index in [0.717, 1.165) is 43.9 Å². The maximum absolute atomic E-state index is 12.7. The van der Waals surface area contributed by atoms with Crippen LogP contribution in [-0.4, -0.2) is 12.6 Å². The number of benzene rings is 1. The zero-order valence-corrected chi connectivity index (χ0v) is 11.1. The van der Waals surface area contributed by atoms with Crippen LogP contribution in [0.5, 0.6) is 0 Å². The minimum Gasteiger partial charge on any atom is -0.314 e. The highest BCUT2D eigenvalue weighted by molar-refractivity contribution is 5.29. The van der Waals surface area contributed by atoms with Gasteiger partial charge >= 0.3 is 6.18 Å². The quantitative estimate of drug-likeness (QED) is 0.859. The molecule has 106 valence electrons. The lowest BCUT2D eigenvalue weighted by Gasteiger charge is -2.15. The minimum absolute atomic E-state index is 0.261. The van der Waals surface area contributed by atoms with E-state index < -0.39 is 11.7 Å². The average Bonchev–Trinajstić information content (AvgIpc) is 2.84. The van der Waals surface area contributed by atoms with E-state index in [1.54, 1.807) is 0 Å². The van der Waals surface area contributed by atoms with Crippen molar-refractivity contribution in [2.24, 2.45) is 0 Å². The first-order chi connectivity index (χ1) is 9.00. The smallest absolute Gasteiger partial charge is 0.314 e. The second-order valence-electron chi connectivity index (χ2n) is 5.28. The van der Waals surface area contributed by atoms with Crippen LogP contribution in [0.15, 0.2) is 24.3 Å². The number of hydrogen-bond donors (Lipinski definition) is 1. The average molecular weight is 271 g/mol. The fourth-order valence-electron chi connectivity index (χ4n) is 2.79. The molecule has 1 aliphatic carbocycles. The monoisotopic (exact) mass is 271 g/mol. The Kier molecular flexibility index (Phi) is 4.50. The number of nitrogens with one attached hydrogen (secondary N) is 1. The van der Waals surface area contributed by atoms with Gasteiger partial charge in [0.25, 0.3) is 0 Å².